The standard InChI is InChI=1S/C27H33N5O2/c1-18(2)15-25-23-6-4-5-22(23)24(16-28)27(30-25)32-13-11-31(12-14-32)17-26(34)29-21-9-7-20(8-10-21)19(3)33/h7-10,18H,4-6,11-15,17H2,1-3H3,(H,29,34). The Morgan fingerprint density at radius 1 is 1.09 bits per heavy atom. The number of pyridine rings is 1. The summed E-state index contributed by atoms with van der Waals surface area (Å²) in [6.07, 6.45) is 4.03. The van der Waals surface area contributed by atoms with E-state index in [0.717, 1.165) is 68.9 Å². The lowest BCUT2D eigenvalue weighted by molar-refractivity contribution is -0.117. The molecule has 7 heteroatoms. The van der Waals surface area contributed by atoms with Crippen molar-refractivity contribution >= 4 is 23.2 Å². The highest BCUT2D eigenvalue weighted by Gasteiger charge is 2.28. The van der Waals surface area contributed by atoms with Gasteiger partial charge in [-0.1, -0.05) is 13.8 Å². The molecule has 1 fully saturated rings. The van der Waals surface area contributed by atoms with Gasteiger partial charge < -0.3 is 10.2 Å². The van der Waals surface area contributed by atoms with Crippen LogP contribution in [0.15, 0.2) is 24.3 Å². The van der Waals surface area contributed by atoms with Crippen molar-refractivity contribution in [3.8, 4) is 6.07 Å². The Morgan fingerprint density at radius 3 is 2.38 bits per heavy atom. The van der Waals surface area contributed by atoms with Crippen LogP contribution in [-0.4, -0.2) is 54.3 Å². The minimum Gasteiger partial charge on any atom is -0.353 e. The fraction of sp³-hybridized carbons (Fsp3) is 0.481. The lowest BCUT2D eigenvalue weighted by Gasteiger charge is -2.36. The topological polar surface area (TPSA) is 89.3 Å². The van der Waals surface area contributed by atoms with Crippen LogP contribution in [0.25, 0.3) is 0 Å². The number of nitriles is 1. The first-order chi connectivity index (χ1) is 16.4. The van der Waals surface area contributed by atoms with Crippen LogP contribution in [0.4, 0.5) is 11.5 Å². The highest BCUT2D eigenvalue weighted by molar-refractivity contribution is 5.96. The van der Waals surface area contributed by atoms with Crippen LogP contribution in [-0.2, 0) is 24.1 Å². The average Bonchev–Trinajstić information content (AvgIpc) is 3.30. The van der Waals surface area contributed by atoms with E-state index in [1.54, 1.807) is 24.3 Å². The predicted octanol–water partition coefficient (Wildman–Crippen LogP) is 3.60. The maximum Gasteiger partial charge on any atom is 0.238 e. The van der Waals surface area contributed by atoms with Crippen LogP contribution < -0.4 is 10.2 Å². The second-order valence-electron chi connectivity index (χ2n) is 9.72. The second kappa shape index (κ2) is 10.4. The molecular weight excluding hydrogens is 426 g/mol. The Kier molecular flexibility index (Phi) is 7.28. The first kappa shape index (κ1) is 23.9. The number of nitrogens with one attached hydrogen (secondary N) is 1. The molecule has 0 spiro atoms. The number of carbonyl (C=O) groups is 2. The first-order valence-corrected chi connectivity index (χ1v) is 12.2. The van der Waals surface area contributed by atoms with Crippen LogP contribution in [0, 0.1) is 17.2 Å². The van der Waals surface area contributed by atoms with E-state index < -0.39 is 0 Å². The van der Waals surface area contributed by atoms with Crippen molar-refractivity contribution in [3.63, 3.8) is 0 Å². The van der Waals surface area contributed by atoms with E-state index in [9.17, 15) is 14.9 Å². The van der Waals surface area contributed by atoms with Gasteiger partial charge in [0.2, 0.25) is 5.91 Å². The van der Waals surface area contributed by atoms with E-state index in [0.29, 0.717) is 23.7 Å². The molecular formula is C27H33N5O2. The molecule has 1 aliphatic heterocycles. The molecule has 1 saturated heterocycles. The van der Waals surface area contributed by atoms with Crippen LogP contribution in [0.3, 0.4) is 0 Å². The molecule has 1 aromatic carbocycles. The highest BCUT2D eigenvalue weighted by Crippen LogP contribution is 2.34. The largest absolute Gasteiger partial charge is 0.353 e. The van der Waals surface area contributed by atoms with Crippen molar-refractivity contribution < 1.29 is 9.59 Å². The van der Waals surface area contributed by atoms with Crippen molar-refractivity contribution in [2.45, 2.75) is 46.5 Å². The third kappa shape index (κ3) is 5.28. The summed E-state index contributed by atoms with van der Waals surface area (Å²) in [4.78, 5) is 33.3. The third-order valence-corrected chi connectivity index (χ3v) is 6.66. The minimum atomic E-state index is -0.0726. The molecule has 2 heterocycles. The van der Waals surface area contributed by atoms with Gasteiger partial charge in [0.15, 0.2) is 5.78 Å². The fourth-order valence-corrected chi connectivity index (χ4v) is 4.94. The number of hydrogen-bond donors (Lipinski definition) is 1. The quantitative estimate of drug-likeness (QED) is 0.637. The number of hydrogen-bond acceptors (Lipinski definition) is 6. The first-order valence-electron chi connectivity index (χ1n) is 12.2. The summed E-state index contributed by atoms with van der Waals surface area (Å²) in [6.45, 7) is 9.20. The zero-order valence-electron chi connectivity index (χ0n) is 20.4. The average molecular weight is 460 g/mol. The van der Waals surface area contributed by atoms with Gasteiger partial charge in [0.25, 0.3) is 0 Å². The number of ketones is 1. The number of Topliss-reactive ketones (excluding diaryl/α,β-unsaturated/α-hetero) is 1. The summed E-state index contributed by atoms with van der Waals surface area (Å²) >= 11 is 0. The number of carbonyl (C=O) groups excluding carboxylic acids is 2. The number of nitrogens with zero attached hydrogens (tertiary/aromatic N) is 4. The Labute approximate surface area is 201 Å². The molecule has 0 atom stereocenters. The third-order valence-electron chi connectivity index (χ3n) is 6.66. The highest BCUT2D eigenvalue weighted by atomic mass is 16.2. The second-order valence-corrected chi connectivity index (χ2v) is 9.72. The van der Waals surface area contributed by atoms with Gasteiger partial charge in [0.05, 0.1) is 12.1 Å². The van der Waals surface area contributed by atoms with Crippen LogP contribution in [0.1, 0.15) is 59.9 Å². The SMILES string of the molecule is CC(=O)c1ccc(NC(=O)CN2CCN(c3nc(CC(C)C)c4c(c3C#N)CCC4)CC2)cc1. The number of amides is 1. The molecule has 0 radical (unpaired) electrons. The summed E-state index contributed by atoms with van der Waals surface area (Å²) in [5.74, 6) is 1.28. The van der Waals surface area contributed by atoms with E-state index in [1.807, 2.05) is 0 Å². The molecule has 178 valence electrons. The minimum absolute atomic E-state index is 0.00416. The van der Waals surface area contributed by atoms with Gasteiger partial charge in [-0.2, -0.15) is 5.26 Å². The van der Waals surface area contributed by atoms with Gasteiger partial charge in [-0.05, 0) is 73.9 Å². The molecule has 0 unspecified atom stereocenters. The molecule has 2 aliphatic rings. The number of anilines is 2. The Balaban J connectivity index is 1.39. The van der Waals surface area contributed by atoms with Gasteiger partial charge in [-0.25, -0.2) is 4.98 Å². The van der Waals surface area contributed by atoms with E-state index in [2.05, 4.69) is 35.0 Å². The van der Waals surface area contributed by atoms with E-state index in [1.165, 1.54) is 18.1 Å². The molecule has 4 rings (SSSR count). The zero-order chi connectivity index (χ0) is 24.2. The summed E-state index contributed by atoms with van der Waals surface area (Å²) in [5.41, 5.74) is 5.74. The predicted molar refractivity (Wildman–Crippen MR) is 133 cm³/mol. The molecule has 7 nitrogen and oxygen atoms in total. The zero-order valence-corrected chi connectivity index (χ0v) is 20.4. The molecule has 0 bridgehead atoms. The smallest absolute Gasteiger partial charge is 0.238 e. The number of fused-ring (bicyclic) bond motifs is 1. The normalized spacial score (nSPS) is 15.8. The Bertz CT molecular complexity index is 1110. The van der Waals surface area contributed by atoms with Gasteiger partial charge >= 0.3 is 0 Å². The molecule has 0 saturated carbocycles. The van der Waals surface area contributed by atoms with Gasteiger partial charge in [-0.3, -0.25) is 14.5 Å². The van der Waals surface area contributed by atoms with E-state index >= 15 is 0 Å². The summed E-state index contributed by atoms with van der Waals surface area (Å²) < 4.78 is 0. The lowest BCUT2D eigenvalue weighted by Crippen LogP contribution is -2.49. The van der Waals surface area contributed by atoms with Crippen molar-refractivity contribution in [2.75, 3.05) is 42.9 Å². The monoisotopic (exact) mass is 459 g/mol. The fourth-order valence-electron chi connectivity index (χ4n) is 4.94. The number of piperazine rings is 1. The molecule has 1 N–H and O–H groups in total. The molecule has 1 aromatic heterocycles. The van der Waals surface area contributed by atoms with Crippen molar-refractivity contribution in [1.82, 2.24) is 9.88 Å². The molecule has 34 heavy (non-hydrogen) atoms. The number of rotatable bonds is 7. The van der Waals surface area contributed by atoms with Crippen molar-refractivity contribution in [2.24, 2.45) is 5.92 Å². The maximum atomic E-state index is 12.5. The Hall–Kier alpha value is -3.24. The van der Waals surface area contributed by atoms with Gasteiger partial charge in [-0.15, -0.1) is 0 Å². The van der Waals surface area contributed by atoms with Crippen LogP contribution in [0.5, 0.6) is 0 Å². The summed E-state index contributed by atoms with van der Waals surface area (Å²) in [5, 5.41) is 12.9. The van der Waals surface area contributed by atoms with Crippen LogP contribution >= 0.6 is 0 Å². The van der Waals surface area contributed by atoms with E-state index in [-0.39, 0.29) is 11.7 Å². The lowest BCUT2D eigenvalue weighted by atomic mass is 9.97. The molecule has 1 aliphatic carbocycles. The molecule has 1 amide bonds. The van der Waals surface area contributed by atoms with Gasteiger partial charge in [0, 0.05) is 43.1 Å². The summed E-state index contributed by atoms with van der Waals surface area (Å²) in [6, 6.07) is 9.41. The van der Waals surface area contributed by atoms with Crippen LogP contribution in [0.2, 0.25) is 0 Å². The van der Waals surface area contributed by atoms with Gasteiger partial charge in [0.1, 0.15) is 11.9 Å². The number of aromatic nitrogens is 1. The number of benzene rings is 1. The van der Waals surface area contributed by atoms with E-state index in [4.69, 9.17) is 4.98 Å². The maximum absolute atomic E-state index is 12.5. The summed E-state index contributed by atoms with van der Waals surface area (Å²) in [7, 11) is 0. The molecule has 2 aromatic rings. The van der Waals surface area contributed by atoms with Crippen molar-refractivity contribution in [3.05, 3.63) is 52.2 Å². The Morgan fingerprint density at radius 2 is 1.76 bits per heavy atom. The van der Waals surface area contributed by atoms with Crippen molar-refractivity contribution in [1.29, 1.82) is 5.26 Å².